The largest absolute Gasteiger partial charge is 0.489 e. The van der Waals surface area contributed by atoms with Gasteiger partial charge in [-0.2, -0.15) is 0 Å². The molecule has 130 valence electrons. The Hall–Kier alpha value is -2.57. The Labute approximate surface area is 139 Å². The molecular weight excluding hydrogens is 315 g/mol. The van der Waals surface area contributed by atoms with Crippen LogP contribution in [0.4, 0.5) is 9.18 Å². The van der Waals surface area contributed by atoms with Crippen molar-refractivity contribution in [3.8, 4) is 5.75 Å². The second-order valence-corrected chi connectivity index (χ2v) is 5.51. The van der Waals surface area contributed by atoms with E-state index in [1.54, 1.807) is 6.07 Å². The van der Waals surface area contributed by atoms with Gasteiger partial charge in [-0.05, 0) is 25.0 Å². The Morgan fingerprint density at radius 2 is 2.29 bits per heavy atom. The van der Waals surface area contributed by atoms with Crippen molar-refractivity contribution in [2.75, 3.05) is 13.2 Å². The van der Waals surface area contributed by atoms with Gasteiger partial charge in [-0.15, -0.1) is 0 Å². The summed E-state index contributed by atoms with van der Waals surface area (Å²) in [5.41, 5.74) is 2.43. The molecule has 2 rings (SSSR count). The number of aromatic nitrogens is 1. The maximum absolute atomic E-state index is 12.8. The number of unbranched alkanes of at least 4 members (excludes halogenated alkanes) is 1. The van der Waals surface area contributed by atoms with Crippen molar-refractivity contribution < 1.29 is 23.4 Å². The molecule has 24 heavy (non-hydrogen) atoms. The fourth-order valence-electron chi connectivity index (χ4n) is 2.18. The van der Waals surface area contributed by atoms with Gasteiger partial charge in [0.1, 0.15) is 17.9 Å². The predicted molar refractivity (Wildman–Crippen MR) is 88.1 cm³/mol. The summed E-state index contributed by atoms with van der Waals surface area (Å²) in [5.74, 6) is 1.24. The molecule has 0 aliphatic rings. The third-order valence-electron chi connectivity index (χ3n) is 3.51. The number of rotatable bonds is 8. The standard InChI is InChI=1S/C17H21FN2O4/c1-3-4-5-16-20-13-6-11(2)14(7-15(13)24-16)23-10-12(8-18)9-19-17(21)22/h6-8,19H,3-5,9-10H2,1-2H3,(H,21,22). The highest BCUT2D eigenvalue weighted by molar-refractivity contribution is 5.76. The van der Waals surface area contributed by atoms with Crippen LogP contribution in [0.2, 0.25) is 0 Å². The molecule has 0 spiro atoms. The molecule has 1 aromatic heterocycles. The zero-order valence-electron chi connectivity index (χ0n) is 13.8. The van der Waals surface area contributed by atoms with E-state index in [0.717, 1.165) is 30.3 Å². The number of benzene rings is 1. The van der Waals surface area contributed by atoms with Crippen LogP contribution >= 0.6 is 0 Å². The van der Waals surface area contributed by atoms with E-state index in [1.165, 1.54) is 0 Å². The first-order valence-corrected chi connectivity index (χ1v) is 7.81. The molecular formula is C17H21FN2O4. The van der Waals surface area contributed by atoms with Crippen molar-refractivity contribution in [1.29, 1.82) is 0 Å². The van der Waals surface area contributed by atoms with Gasteiger partial charge in [-0.25, -0.2) is 14.2 Å². The number of halogens is 1. The lowest BCUT2D eigenvalue weighted by atomic mass is 10.2. The fraction of sp³-hybridized carbons (Fsp3) is 0.412. The molecule has 0 aliphatic heterocycles. The molecule has 0 unspecified atom stereocenters. The minimum absolute atomic E-state index is 0.0556. The SMILES string of the molecule is CCCCc1nc2cc(C)c(OCC(=CF)CNC(=O)O)cc2o1. The quantitative estimate of drug-likeness (QED) is 0.762. The van der Waals surface area contributed by atoms with Crippen LogP contribution in [-0.2, 0) is 6.42 Å². The molecule has 2 aromatic rings. The van der Waals surface area contributed by atoms with Gasteiger partial charge < -0.3 is 19.6 Å². The minimum atomic E-state index is -1.21. The fourth-order valence-corrected chi connectivity index (χ4v) is 2.18. The lowest BCUT2D eigenvalue weighted by molar-refractivity contribution is 0.195. The van der Waals surface area contributed by atoms with Gasteiger partial charge in [0.15, 0.2) is 11.5 Å². The van der Waals surface area contributed by atoms with Gasteiger partial charge in [-0.1, -0.05) is 13.3 Å². The number of carbonyl (C=O) groups is 1. The third-order valence-corrected chi connectivity index (χ3v) is 3.51. The van der Waals surface area contributed by atoms with Crippen molar-refractivity contribution in [3.63, 3.8) is 0 Å². The van der Waals surface area contributed by atoms with E-state index in [2.05, 4.69) is 17.2 Å². The van der Waals surface area contributed by atoms with E-state index in [0.29, 0.717) is 23.6 Å². The highest BCUT2D eigenvalue weighted by atomic mass is 19.1. The van der Waals surface area contributed by atoms with Crippen LogP contribution in [0.15, 0.2) is 28.5 Å². The van der Waals surface area contributed by atoms with Gasteiger partial charge in [-0.3, -0.25) is 0 Å². The maximum atomic E-state index is 12.8. The molecule has 1 amide bonds. The Kier molecular flexibility index (Phi) is 6.17. The van der Waals surface area contributed by atoms with Crippen molar-refractivity contribution in [2.24, 2.45) is 0 Å². The summed E-state index contributed by atoms with van der Waals surface area (Å²) >= 11 is 0. The first-order chi connectivity index (χ1) is 11.5. The number of carboxylic acid groups (broad SMARTS) is 1. The number of hydrogen-bond donors (Lipinski definition) is 2. The van der Waals surface area contributed by atoms with Crippen LogP contribution in [0, 0.1) is 6.92 Å². The van der Waals surface area contributed by atoms with Crippen LogP contribution in [0.3, 0.4) is 0 Å². The Balaban J connectivity index is 2.08. The lowest BCUT2D eigenvalue weighted by Crippen LogP contribution is -2.25. The molecule has 0 bridgehead atoms. The van der Waals surface area contributed by atoms with Gasteiger partial charge in [0.05, 0.1) is 6.33 Å². The number of hydrogen-bond acceptors (Lipinski definition) is 4. The number of nitrogens with one attached hydrogen (secondary N) is 1. The average Bonchev–Trinajstić information content (AvgIpc) is 2.94. The molecule has 0 aliphatic carbocycles. The molecule has 0 saturated heterocycles. The van der Waals surface area contributed by atoms with Gasteiger partial charge >= 0.3 is 6.09 Å². The van der Waals surface area contributed by atoms with E-state index in [-0.39, 0.29) is 18.7 Å². The summed E-state index contributed by atoms with van der Waals surface area (Å²) < 4.78 is 24.1. The topological polar surface area (TPSA) is 84.6 Å². The van der Waals surface area contributed by atoms with Gasteiger partial charge in [0.25, 0.3) is 0 Å². The number of amides is 1. The van der Waals surface area contributed by atoms with Gasteiger partial charge in [0, 0.05) is 24.6 Å². The molecule has 0 radical (unpaired) electrons. The van der Waals surface area contributed by atoms with Crippen LogP contribution in [0.5, 0.6) is 5.75 Å². The second-order valence-electron chi connectivity index (χ2n) is 5.51. The highest BCUT2D eigenvalue weighted by Gasteiger charge is 2.11. The molecule has 2 N–H and O–H groups in total. The number of aryl methyl sites for hydroxylation is 2. The van der Waals surface area contributed by atoms with E-state index in [9.17, 15) is 9.18 Å². The van der Waals surface area contributed by atoms with Crippen LogP contribution in [0.1, 0.15) is 31.2 Å². The van der Waals surface area contributed by atoms with Crippen molar-refractivity contribution >= 4 is 17.2 Å². The number of ether oxygens (including phenoxy) is 1. The summed E-state index contributed by atoms with van der Waals surface area (Å²) in [6, 6.07) is 3.59. The van der Waals surface area contributed by atoms with E-state index < -0.39 is 6.09 Å². The second kappa shape index (κ2) is 8.33. The number of fused-ring (bicyclic) bond motifs is 1. The van der Waals surface area contributed by atoms with E-state index in [4.69, 9.17) is 14.3 Å². The molecule has 0 atom stereocenters. The highest BCUT2D eigenvalue weighted by Crippen LogP contribution is 2.27. The summed E-state index contributed by atoms with van der Waals surface area (Å²) in [5, 5.41) is 10.6. The Bertz CT molecular complexity index is 740. The molecule has 0 saturated carbocycles. The molecule has 7 heteroatoms. The normalized spacial score (nSPS) is 11.7. The van der Waals surface area contributed by atoms with Gasteiger partial charge in [0.2, 0.25) is 0 Å². The van der Waals surface area contributed by atoms with Crippen LogP contribution in [0.25, 0.3) is 11.1 Å². The average molecular weight is 336 g/mol. The summed E-state index contributed by atoms with van der Waals surface area (Å²) in [7, 11) is 0. The summed E-state index contributed by atoms with van der Waals surface area (Å²) in [6.07, 6.45) is 2.00. The predicted octanol–water partition coefficient (Wildman–Crippen LogP) is 3.98. The molecule has 1 heterocycles. The van der Waals surface area contributed by atoms with Crippen molar-refractivity contribution in [1.82, 2.24) is 10.3 Å². The summed E-state index contributed by atoms with van der Waals surface area (Å²) in [4.78, 5) is 14.9. The van der Waals surface area contributed by atoms with E-state index in [1.807, 2.05) is 13.0 Å². The molecule has 6 nitrogen and oxygen atoms in total. The van der Waals surface area contributed by atoms with E-state index >= 15 is 0 Å². The van der Waals surface area contributed by atoms with Crippen molar-refractivity contribution in [2.45, 2.75) is 33.1 Å². The smallest absolute Gasteiger partial charge is 0.404 e. The number of nitrogens with zero attached hydrogens (tertiary/aromatic N) is 1. The van der Waals surface area contributed by atoms with Crippen LogP contribution in [-0.4, -0.2) is 29.3 Å². The zero-order chi connectivity index (χ0) is 17.5. The first-order valence-electron chi connectivity index (χ1n) is 7.81. The minimum Gasteiger partial charge on any atom is -0.489 e. The Morgan fingerprint density at radius 1 is 1.50 bits per heavy atom. The number of oxazole rings is 1. The zero-order valence-corrected chi connectivity index (χ0v) is 13.8. The third kappa shape index (κ3) is 4.71. The lowest BCUT2D eigenvalue weighted by Gasteiger charge is -2.10. The summed E-state index contributed by atoms with van der Waals surface area (Å²) in [6.45, 7) is 3.79. The maximum Gasteiger partial charge on any atom is 0.404 e. The first kappa shape index (κ1) is 17.8. The molecule has 0 fully saturated rings. The Morgan fingerprint density at radius 3 is 2.96 bits per heavy atom. The van der Waals surface area contributed by atoms with Crippen LogP contribution < -0.4 is 10.1 Å². The monoisotopic (exact) mass is 336 g/mol. The molecule has 1 aromatic carbocycles. The van der Waals surface area contributed by atoms with Crippen molar-refractivity contribution in [3.05, 3.63) is 35.5 Å².